The van der Waals surface area contributed by atoms with Crippen molar-refractivity contribution in [3.05, 3.63) is 89.4 Å². The Hall–Kier alpha value is -3.39. The third-order valence-electron chi connectivity index (χ3n) is 4.95. The minimum absolute atomic E-state index is 0.121. The van der Waals surface area contributed by atoms with Gasteiger partial charge in [-0.05, 0) is 23.3 Å². The van der Waals surface area contributed by atoms with Gasteiger partial charge in [0.1, 0.15) is 12.1 Å². The zero-order valence-corrected chi connectivity index (χ0v) is 19.2. The fourth-order valence-corrected chi connectivity index (χ4v) is 3.85. The van der Waals surface area contributed by atoms with Crippen LogP contribution in [-0.2, 0) is 17.7 Å². The molecule has 4 rings (SSSR count). The van der Waals surface area contributed by atoms with E-state index in [9.17, 15) is 4.79 Å². The number of amides is 1. The lowest BCUT2D eigenvalue weighted by Crippen LogP contribution is -2.16. The van der Waals surface area contributed by atoms with Crippen LogP contribution in [0.1, 0.15) is 48.0 Å². The number of carbonyl (C=O) groups is 1. The number of hydrogen-bond donors (Lipinski definition) is 2. The summed E-state index contributed by atoms with van der Waals surface area (Å²) in [5.41, 5.74) is 3.64. The zero-order valence-electron chi connectivity index (χ0n) is 18.4. The number of hydrogen-bond acceptors (Lipinski definition) is 5. The van der Waals surface area contributed by atoms with Crippen LogP contribution in [0.3, 0.4) is 0 Å². The Balaban J connectivity index is 1.48. The van der Waals surface area contributed by atoms with Crippen LogP contribution >= 0.6 is 11.8 Å². The lowest BCUT2D eigenvalue weighted by Gasteiger charge is -2.14. The molecule has 2 aromatic carbocycles. The van der Waals surface area contributed by atoms with Gasteiger partial charge in [0.15, 0.2) is 5.16 Å². The number of aromatic amines is 1. The predicted molar refractivity (Wildman–Crippen MR) is 127 cm³/mol. The Bertz CT molecular complexity index is 1160. The Morgan fingerprint density at radius 3 is 2.47 bits per heavy atom. The van der Waals surface area contributed by atoms with Gasteiger partial charge in [-0.15, -0.1) is 0 Å². The van der Waals surface area contributed by atoms with Crippen molar-refractivity contribution in [1.82, 2.24) is 25.0 Å². The van der Waals surface area contributed by atoms with E-state index in [2.05, 4.69) is 53.4 Å². The minimum atomic E-state index is -0.158. The van der Waals surface area contributed by atoms with E-state index in [1.807, 2.05) is 53.2 Å². The van der Waals surface area contributed by atoms with E-state index in [1.165, 1.54) is 6.33 Å². The van der Waals surface area contributed by atoms with Crippen molar-refractivity contribution in [3.8, 4) is 0 Å². The van der Waals surface area contributed by atoms with E-state index < -0.39 is 0 Å². The maximum absolute atomic E-state index is 13.0. The summed E-state index contributed by atoms with van der Waals surface area (Å²) in [6.45, 7) is 6.93. The van der Waals surface area contributed by atoms with Crippen LogP contribution in [0.5, 0.6) is 0 Å². The molecule has 2 N–H and O–H groups in total. The average Bonchev–Trinajstić information content (AvgIpc) is 3.44. The molecule has 0 radical (unpaired) electrons. The molecule has 2 heterocycles. The summed E-state index contributed by atoms with van der Waals surface area (Å²) in [7, 11) is 0. The smallest absolute Gasteiger partial charge is 0.256 e. The highest BCUT2D eigenvalue weighted by atomic mass is 32.2. The van der Waals surface area contributed by atoms with Crippen LogP contribution in [0.15, 0.2) is 72.1 Å². The number of thioether (sulfide) groups is 1. The average molecular weight is 447 g/mol. The van der Waals surface area contributed by atoms with Crippen molar-refractivity contribution >= 4 is 23.5 Å². The Labute approximate surface area is 191 Å². The lowest BCUT2D eigenvalue weighted by molar-refractivity contribution is 0.102. The summed E-state index contributed by atoms with van der Waals surface area (Å²) in [4.78, 5) is 17.1. The number of H-pyrrole nitrogens is 1. The van der Waals surface area contributed by atoms with Gasteiger partial charge in [-0.2, -0.15) is 10.2 Å². The van der Waals surface area contributed by atoms with Gasteiger partial charge < -0.3 is 5.32 Å². The molecular formula is C24H26N6OS. The van der Waals surface area contributed by atoms with Gasteiger partial charge in [-0.3, -0.25) is 9.89 Å². The van der Waals surface area contributed by atoms with Gasteiger partial charge in [-0.1, -0.05) is 75.0 Å². The minimum Gasteiger partial charge on any atom is -0.307 e. The second kappa shape index (κ2) is 9.40. The van der Waals surface area contributed by atoms with Gasteiger partial charge in [0.25, 0.3) is 5.91 Å². The molecule has 0 fully saturated rings. The highest BCUT2D eigenvalue weighted by Crippen LogP contribution is 2.25. The van der Waals surface area contributed by atoms with Crippen molar-refractivity contribution in [2.24, 2.45) is 0 Å². The number of nitrogens with zero attached hydrogens (tertiary/aromatic N) is 4. The normalized spacial score (nSPS) is 11.5. The van der Waals surface area contributed by atoms with Crippen LogP contribution in [0, 0.1) is 0 Å². The number of rotatable bonds is 7. The number of aromatic nitrogens is 5. The molecule has 0 bridgehead atoms. The van der Waals surface area contributed by atoms with E-state index >= 15 is 0 Å². The van der Waals surface area contributed by atoms with E-state index in [0.29, 0.717) is 17.9 Å². The quantitative estimate of drug-likeness (QED) is 0.395. The fourth-order valence-electron chi connectivity index (χ4n) is 3.12. The van der Waals surface area contributed by atoms with Crippen molar-refractivity contribution in [2.75, 3.05) is 5.32 Å². The highest BCUT2D eigenvalue weighted by Gasteiger charge is 2.21. The molecule has 0 saturated carbocycles. The fraction of sp³-hybridized carbons (Fsp3) is 0.250. The van der Waals surface area contributed by atoms with E-state index in [-0.39, 0.29) is 11.3 Å². The monoisotopic (exact) mass is 446 g/mol. The van der Waals surface area contributed by atoms with Gasteiger partial charge in [-0.25, -0.2) is 9.67 Å². The standard InChI is InChI=1S/C24H26N6OS/c1-24(2,3)20-13-21(30(29-20)14-17-7-5-4-6-8-17)27-22(31)19-11-9-18(10-12-19)15-32-23-25-16-26-28-23/h4-13,16H,14-15H2,1-3H3,(H,27,31)(H,25,26,28). The first kappa shape index (κ1) is 21.8. The summed E-state index contributed by atoms with van der Waals surface area (Å²) in [5.74, 6) is 1.28. The van der Waals surface area contributed by atoms with Crippen molar-refractivity contribution in [3.63, 3.8) is 0 Å². The molecular weight excluding hydrogens is 420 g/mol. The van der Waals surface area contributed by atoms with Gasteiger partial charge in [0.2, 0.25) is 0 Å². The number of nitrogens with one attached hydrogen (secondary N) is 2. The molecule has 1 amide bonds. The molecule has 0 aliphatic carbocycles. The van der Waals surface area contributed by atoms with Crippen LogP contribution in [0.4, 0.5) is 5.82 Å². The molecule has 2 aromatic heterocycles. The molecule has 0 aliphatic rings. The molecule has 0 saturated heterocycles. The van der Waals surface area contributed by atoms with Crippen molar-refractivity contribution in [1.29, 1.82) is 0 Å². The Morgan fingerprint density at radius 2 is 1.81 bits per heavy atom. The first-order chi connectivity index (χ1) is 15.4. The Kier molecular flexibility index (Phi) is 6.41. The Morgan fingerprint density at radius 1 is 1.06 bits per heavy atom. The van der Waals surface area contributed by atoms with E-state index in [4.69, 9.17) is 5.10 Å². The predicted octanol–water partition coefficient (Wildman–Crippen LogP) is 4.89. The lowest BCUT2D eigenvalue weighted by atomic mass is 9.92. The van der Waals surface area contributed by atoms with Crippen LogP contribution in [0.25, 0.3) is 0 Å². The molecule has 0 unspecified atom stereocenters. The van der Waals surface area contributed by atoms with Crippen LogP contribution < -0.4 is 5.32 Å². The molecule has 164 valence electrons. The summed E-state index contributed by atoms with van der Waals surface area (Å²) in [6, 6.07) is 19.7. The third kappa shape index (κ3) is 5.45. The van der Waals surface area contributed by atoms with Crippen molar-refractivity contribution < 1.29 is 4.79 Å². The summed E-state index contributed by atoms with van der Waals surface area (Å²) in [5, 5.41) is 15.3. The van der Waals surface area contributed by atoms with Gasteiger partial charge in [0, 0.05) is 22.8 Å². The maximum atomic E-state index is 13.0. The molecule has 0 spiro atoms. The second-order valence-corrected chi connectivity index (χ2v) is 9.50. The largest absolute Gasteiger partial charge is 0.307 e. The van der Waals surface area contributed by atoms with Gasteiger partial charge >= 0.3 is 0 Å². The van der Waals surface area contributed by atoms with E-state index in [1.54, 1.807) is 11.8 Å². The molecule has 4 aromatic rings. The maximum Gasteiger partial charge on any atom is 0.256 e. The highest BCUT2D eigenvalue weighted by molar-refractivity contribution is 7.98. The summed E-state index contributed by atoms with van der Waals surface area (Å²) >= 11 is 1.56. The number of carbonyl (C=O) groups excluding carboxylic acids is 1. The molecule has 7 nitrogen and oxygen atoms in total. The van der Waals surface area contributed by atoms with E-state index in [0.717, 1.165) is 27.7 Å². The number of benzene rings is 2. The third-order valence-corrected chi connectivity index (χ3v) is 5.90. The molecule has 32 heavy (non-hydrogen) atoms. The summed E-state index contributed by atoms with van der Waals surface area (Å²) in [6.07, 6.45) is 1.49. The zero-order chi connectivity index (χ0) is 22.6. The van der Waals surface area contributed by atoms with Crippen molar-refractivity contribution in [2.45, 2.75) is 43.6 Å². The first-order valence-electron chi connectivity index (χ1n) is 10.4. The second-order valence-electron chi connectivity index (χ2n) is 8.54. The first-order valence-corrected chi connectivity index (χ1v) is 11.4. The topological polar surface area (TPSA) is 88.5 Å². The molecule has 0 aliphatic heterocycles. The molecule has 8 heteroatoms. The SMILES string of the molecule is CC(C)(C)c1cc(NC(=O)c2ccc(CSc3ncn[nH]3)cc2)n(Cc2ccccc2)n1. The van der Waals surface area contributed by atoms with Crippen LogP contribution in [0.2, 0.25) is 0 Å². The number of anilines is 1. The summed E-state index contributed by atoms with van der Waals surface area (Å²) < 4.78 is 1.86. The van der Waals surface area contributed by atoms with Gasteiger partial charge in [0.05, 0.1) is 12.2 Å². The van der Waals surface area contributed by atoms with Crippen LogP contribution in [-0.4, -0.2) is 30.9 Å². The molecule has 0 atom stereocenters.